The molecular formula is C19H24N4O3. The van der Waals surface area contributed by atoms with E-state index in [4.69, 9.17) is 9.47 Å². The van der Waals surface area contributed by atoms with Crippen molar-refractivity contribution in [3.8, 4) is 5.75 Å². The zero-order valence-electron chi connectivity index (χ0n) is 15.4. The first kappa shape index (κ1) is 18.1. The summed E-state index contributed by atoms with van der Waals surface area (Å²) in [5, 5.41) is 3.03. The first-order valence-corrected chi connectivity index (χ1v) is 8.65. The summed E-state index contributed by atoms with van der Waals surface area (Å²) >= 11 is 0. The molecule has 1 aliphatic heterocycles. The van der Waals surface area contributed by atoms with Gasteiger partial charge in [0.05, 0.1) is 26.7 Å². The first-order chi connectivity index (χ1) is 12.6. The highest BCUT2D eigenvalue weighted by molar-refractivity contribution is 5.80. The highest BCUT2D eigenvalue weighted by Crippen LogP contribution is 2.25. The number of hydrogen-bond acceptors (Lipinski definition) is 6. The molecule has 0 bridgehead atoms. The summed E-state index contributed by atoms with van der Waals surface area (Å²) in [4.78, 5) is 23.9. The monoisotopic (exact) mass is 356 g/mol. The molecule has 1 aromatic carbocycles. The molecule has 0 spiro atoms. The maximum absolute atomic E-state index is 13.0. The van der Waals surface area contributed by atoms with E-state index in [0.29, 0.717) is 25.6 Å². The van der Waals surface area contributed by atoms with Gasteiger partial charge < -0.3 is 19.7 Å². The Kier molecular flexibility index (Phi) is 5.68. The number of morpholine rings is 1. The number of aryl methyl sites for hydroxylation is 1. The van der Waals surface area contributed by atoms with Crippen molar-refractivity contribution in [1.82, 2.24) is 14.9 Å². The summed E-state index contributed by atoms with van der Waals surface area (Å²) in [5.74, 6) is 2.06. The number of carbonyl (C=O) groups excluding carboxylic acids is 1. The predicted octanol–water partition coefficient (Wildman–Crippen LogP) is 1.98. The molecule has 0 radical (unpaired) electrons. The summed E-state index contributed by atoms with van der Waals surface area (Å²) in [6.07, 6.45) is 0.269. The Morgan fingerprint density at radius 2 is 2.19 bits per heavy atom. The van der Waals surface area contributed by atoms with Crippen molar-refractivity contribution >= 4 is 11.7 Å². The van der Waals surface area contributed by atoms with E-state index in [1.165, 1.54) is 0 Å². The fourth-order valence-corrected chi connectivity index (χ4v) is 3.10. The van der Waals surface area contributed by atoms with Gasteiger partial charge in [-0.25, -0.2) is 9.97 Å². The Hall–Kier alpha value is -2.67. The van der Waals surface area contributed by atoms with Crippen molar-refractivity contribution < 1.29 is 14.3 Å². The van der Waals surface area contributed by atoms with Crippen molar-refractivity contribution in [2.45, 2.75) is 19.4 Å². The number of rotatable bonds is 5. The lowest BCUT2D eigenvalue weighted by Gasteiger charge is -2.35. The van der Waals surface area contributed by atoms with Crippen molar-refractivity contribution in [1.29, 1.82) is 0 Å². The number of anilines is 1. The number of hydrogen-bond donors (Lipinski definition) is 1. The minimum Gasteiger partial charge on any atom is -0.496 e. The average Bonchev–Trinajstić information content (AvgIpc) is 2.67. The van der Waals surface area contributed by atoms with Gasteiger partial charge in [-0.05, 0) is 13.0 Å². The summed E-state index contributed by atoms with van der Waals surface area (Å²) in [6.45, 7) is 3.34. The van der Waals surface area contributed by atoms with Crippen LogP contribution in [-0.2, 0) is 16.0 Å². The highest BCUT2D eigenvalue weighted by Gasteiger charge is 2.31. The third-order valence-electron chi connectivity index (χ3n) is 4.41. The molecule has 7 nitrogen and oxygen atoms in total. The lowest BCUT2D eigenvalue weighted by molar-refractivity contribution is -0.139. The van der Waals surface area contributed by atoms with Gasteiger partial charge in [-0.1, -0.05) is 18.2 Å². The minimum atomic E-state index is -0.294. The van der Waals surface area contributed by atoms with Crippen LogP contribution < -0.4 is 10.1 Å². The molecule has 0 aliphatic carbocycles. The standard InChI is InChI=1S/C19H24N4O3/c1-13-10-17(20-2)22-19(21-13)15-12-26-9-8-23(15)18(24)11-14-6-4-5-7-16(14)25-3/h4-7,10,15H,8-9,11-12H2,1-3H3,(H,20,21,22)/t15-/m0/s1. The fourth-order valence-electron chi connectivity index (χ4n) is 3.10. The van der Waals surface area contributed by atoms with Crippen LogP contribution in [0, 0.1) is 6.92 Å². The van der Waals surface area contributed by atoms with E-state index in [9.17, 15) is 4.79 Å². The van der Waals surface area contributed by atoms with E-state index in [1.54, 1.807) is 7.11 Å². The van der Waals surface area contributed by atoms with Crippen LogP contribution in [0.15, 0.2) is 30.3 Å². The van der Waals surface area contributed by atoms with Crippen LogP contribution in [-0.4, -0.2) is 54.7 Å². The topological polar surface area (TPSA) is 76.6 Å². The molecule has 1 saturated heterocycles. The van der Waals surface area contributed by atoms with Crippen molar-refractivity contribution in [2.75, 3.05) is 39.2 Å². The molecule has 1 fully saturated rings. The Labute approximate surface area is 153 Å². The lowest BCUT2D eigenvalue weighted by atomic mass is 10.1. The molecule has 1 aromatic heterocycles. The Morgan fingerprint density at radius 3 is 2.96 bits per heavy atom. The molecule has 1 aliphatic rings. The molecule has 0 unspecified atom stereocenters. The zero-order chi connectivity index (χ0) is 18.5. The van der Waals surface area contributed by atoms with Crippen LogP contribution in [0.5, 0.6) is 5.75 Å². The van der Waals surface area contributed by atoms with Gasteiger partial charge in [0.25, 0.3) is 0 Å². The number of benzene rings is 1. The number of aromatic nitrogens is 2. The number of para-hydroxylation sites is 1. The lowest BCUT2D eigenvalue weighted by Crippen LogP contribution is -2.44. The molecule has 2 aromatic rings. The minimum absolute atomic E-state index is 0.0129. The van der Waals surface area contributed by atoms with E-state index in [-0.39, 0.29) is 18.4 Å². The second-order valence-corrected chi connectivity index (χ2v) is 6.17. The zero-order valence-corrected chi connectivity index (χ0v) is 15.4. The van der Waals surface area contributed by atoms with Crippen LogP contribution in [0.1, 0.15) is 23.1 Å². The average molecular weight is 356 g/mol. The molecule has 138 valence electrons. The molecule has 1 atom stereocenters. The molecule has 7 heteroatoms. The van der Waals surface area contributed by atoms with E-state index in [2.05, 4.69) is 15.3 Å². The number of nitrogens with zero attached hydrogens (tertiary/aromatic N) is 3. The second kappa shape index (κ2) is 8.14. The first-order valence-electron chi connectivity index (χ1n) is 8.65. The van der Waals surface area contributed by atoms with Gasteiger partial charge >= 0.3 is 0 Å². The molecule has 2 heterocycles. The summed E-state index contributed by atoms with van der Waals surface area (Å²) < 4.78 is 11.0. The number of ether oxygens (including phenoxy) is 2. The van der Waals surface area contributed by atoms with Crippen molar-refractivity contribution in [3.05, 3.63) is 47.4 Å². The van der Waals surface area contributed by atoms with Crippen molar-refractivity contribution in [2.24, 2.45) is 0 Å². The van der Waals surface area contributed by atoms with Crippen LogP contribution in [0.2, 0.25) is 0 Å². The number of amides is 1. The Morgan fingerprint density at radius 1 is 1.38 bits per heavy atom. The highest BCUT2D eigenvalue weighted by atomic mass is 16.5. The van der Waals surface area contributed by atoms with E-state index < -0.39 is 0 Å². The van der Waals surface area contributed by atoms with Gasteiger partial charge in [-0.2, -0.15) is 0 Å². The van der Waals surface area contributed by atoms with Crippen molar-refractivity contribution in [3.63, 3.8) is 0 Å². The molecule has 3 rings (SSSR count). The van der Waals surface area contributed by atoms with Gasteiger partial charge in [0, 0.05) is 30.9 Å². The second-order valence-electron chi connectivity index (χ2n) is 6.17. The third kappa shape index (κ3) is 3.94. The van der Waals surface area contributed by atoms with Gasteiger partial charge in [-0.3, -0.25) is 4.79 Å². The number of methoxy groups -OCH3 is 1. The Balaban J connectivity index is 1.84. The fraction of sp³-hybridized carbons (Fsp3) is 0.421. The smallest absolute Gasteiger partial charge is 0.227 e. The van der Waals surface area contributed by atoms with Crippen LogP contribution in [0.25, 0.3) is 0 Å². The molecule has 1 amide bonds. The predicted molar refractivity (Wildman–Crippen MR) is 98.3 cm³/mol. The number of carbonyl (C=O) groups is 1. The molecule has 1 N–H and O–H groups in total. The van der Waals surface area contributed by atoms with Crippen LogP contribution >= 0.6 is 0 Å². The van der Waals surface area contributed by atoms with Gasteiger partial charge in [0.15, 0.2) is 5.82 Å². The van der Waals surface area contributed by atoms with Crippen LogP contribution in [0.4, 0.5) is 5.82 Å². The van der Waals surface area contributed by atoms with Crippen LogP contribution in [0.3, 0.4) is 0 Å². The summed E-state index contributed by atoms with van der Waals surface area (Å²) in [7, 11) is 3.42. The van der Waals surface area contributed by atoms with E-state index >= 15 is 0 Å². The van der Waals surface area contributed by atoms with E-state index in [0.717, 1.165) is 22.8 Å². The van der Waals surface area contributed by atoms with Gasteiger partial charge in [0.2, 0.25) is 5.91 Å². The largest absolute Gasteiger partial charge is 0.496 e. The van der Waals surface area contributed by atoms with E-state index in [1.807, 2.05) is 49.2 Å². The third-order valence-corrected chi connectivity index (χ3v) is 4.41. The SMILES string of the molecule is CNc1cc(C)nc([C@@H]2COCCN2C(=O)Cc2ccccc2OC)n1. The molecule has 26 heavy (non-hydrogen) atoms. The summed E-state index contributed by atoms with van der Waals surface area (Å²) in [6, 6.07) is 9.15. The Bertz CT molecular complexity index is 781. The maximum atomic E-state index is 13.0. The summed E-state index contributed by atoms with van der Waals surface area (Å²) in [5.41, 5.74) is 1.72. The van der Waals surface area contributed by atoms with Gasteiger partial charge in [-0.15, -0.1) is 0 Å². The quantitative estimate of drug-likeness (QED) is 0.883. The molecular weight excluding hydrogens is 332 g/mol. The molecule has 0 saturated carbocycles. The normalized spacial score (nSPS) is 17.0. The maximum Gasteiger partial charge on any atom is 0.227 e. The van der Waals surface area contributed by atoms with Gasteiger partial charge in [0.1, 0.15) is 17.6 Å². The number of nitrogens with one attached hydrogen (secondary N) is 1.